The standard InChI is InChI=1S/C28H31FN8O/c1-5-35-10-12-36(13-11-35)20-6-9-25(31-16-20)34-27-22(15-30)28(33-17-32-27)38-24-8-7-23-21(26(24)29)14-19(4)37(23)18(2)3/h6-9,14,16-18H,5,10-13H2,1-4H3,(H,31,32,33,34). The highest BCUT2D eigenvalue weighted by molar-refractivity contribution is 5.84. The van der Waals surface area contributed by atoms with Gasteiger partial charge in [-0.25, -0.2) is 19.3 Å². The fourth-order valence-corrected chi connectivity index (χ4v) is 4.98. The molecule has 0 amide bonds. The molecule has 0 unspecified atom stereocenters. The van der Waals surface area contributed by atoms with Gasteiger partial charge in [-0.05, 0) is 57.6 Å². The second kappa shape index (κ2) is 10.6. The van der Waals surface area contributed by atoms with E-state index in [4.69, 9.17) is 4.74 Å². The van der Waals surface area contributed by atoms with Gasteiger partial charge in [-0.3, -0.25) is 0 Å². The number of likely N-dealkylation sites (N-methyl/N-ethyl adjacent to an activating group) is 1. The minimum Gasteiger partial charge on any atom is -0.434 e. The van der Waals surface area contributed by atoms with Gasteiger partial charge in [0.2, 0.25) is 5.88 Å². The molecular formula is C28H31FN8O. The van der Waals surface area contributed by atoms with Crippen molar-refractivity contribution < 1.29 is 9.13 Å². The van der Waals surface area contributed by atoms with E-state index >= 15 is 4.39 Å². The van der Waals surface area contributed by atoms with E-state index in [-0.39, 0.29) is 29.1 Å². The normalized spacial score (nSPS) is 14.2. The minimum atomic E-state index is -0.501. The van der Waals surface area contributed by atoms with Crippen LogP contribution in [-0.4, -0.2) is 57.1 Å². The summed E-state index contributed by atoms with van der Waals surface area (Å²) in [6.45, 7) is 13.3. The summed E-state index contributed by atoms with van der Waals surface area (Å²) in [5.41, 5.74) is 2.85. The van der Waals surface area contributed by atoms with Crippen LogP contribution < -0.4 is 15.0 Å². The number of halogens is 1. The lowest BCUT2D eigenvalue weighted by Crippen LogP contribution is -2.46. The SMILES string of the molecule is CCN1CCN(c2ccc(Nc3ncnc(Oc4ccc5c(cc(C)n5C(C)C)c4F)c3C#N)nc2)CC1. The summed E-state index contributed by atoms with van der Waals surface area (Å²) in [5.74, 6) is 0.218. The van der Waals surface area contributed by atoms with Crippen LogP contribution in [0.5, 0.6) is 11.6 Å². The monoisotopic (exact) mass is 514 g/mol. The number of pyridine rings is 1. The van der Waals surface area contributed by atoms with Crippen LogP contribution in [0.2, 0.25) is 0 Å². The molecule has 0 radical (unpaired) electrons. The number of aryl methyl sites for hydroxylation is 1. The van der Waals surface area contributed by atoms with E-state index < -0.39 is 5.82 Å². The van der Waals surface area contributed by atoms with Gasteiger partial charge >= 0.3 is 0 Å². The number of nitrogens with one attached hydrogen (secondary N) is 1. The number of nitrogens with zero attached hydrogens (tertiary/aromatic N) is 7. The molecule has 1 aliphatic heterocycles. The molecule has 1 aromatic carbocycles. The Balaban J connectivity index is 1.36. The third-order valence-corrected chi connectivity index (χ3v) is 6.94. The van der Waals surface area contributed by atoms with Crippen molar-refractivity contribution in [2.75, 3.05) is 42.9 Å². The van der Waals surface area contributed by atoms with Gasteiger partial charge in [0.25, 0.3) is 0 Å². The van der Waals surface area contributed by atoms with E-state index in [0.717, 1.165) is 49.6 Å². The molecule has 0 saturated carbocycles. The molecule has 0 atom stereocenters. The number of hydrogen-bond donors (Lipinski definition) is 1. The number of piperazine rings is 1. The zero-order chi connectivity index (χ0) is 26.8. The Morgan fingerprint density at radius 2 is 1.89 bits per heavy atom. The van der Waals surface area contributed by atoms with Gasteiger partial charge in [0.15, 0.2) is 22.9 Å². The van der Waals surface area contributed by atoms with E-state index in [1.165, 1.54) is 6.33 Å². The Morgan fingerprint density at radius 3 is 2.55 bits per heavy atom. The summed E-state index contributed by atoms with van der Waals surface area (Å²) < 4.78 is 23.3. The van der Waals surface area contributed by atoms with Crippen LogP contribution in [0.4, 0.5) is 21.7 Å². The van der Waals surface area contributed by atoms with Crippen LogP contribution in [0.3, 0.4) is 0 Å². The van der Waals surface area contributed by atoms with Gasteiger partial charge in [0.05, 0.1) is 17.4 Å². The zero-order valence-corrected chi connectivity index (χ0v) is 22.1. The Morgan fingerprint density at radius 1 is 1.11 bits per heavy atom. The number of aromatic nitrogens is 4. The average molecular weight is 515 g/mol. The van der Waals surface area contributed by atoms with Gasteiger partial charge in [-0.1, -0.05) is 6.92 Å². The molecule has 10 heteroatoms. The Bertz CT molecular complexity index is 1480. The van der Waals surface area contributed by atoms with Crippen LogP contribution in [0.15, 0.2) is 42.9 Å². The first-order valence-electron chi connectivity index (χ1n) is 12.8. The van der Waals surface area contributed by atoms with Crippen molar-refractivity contribution in [1.29, 1.82) is 5.26 Å². The summed E-state index contributed by atoms with van der Waals surface area (Å²) in [5, 5.41) is 13.4. The number of nitriles is 1. The largest absolute Gasteiger partial charge is 0.434 e. The maximum Gasteiger partial charge on any atom is 0.242 e. The highest BCUT2D eigenvalue weighted by Crippen LogP contribution is 2.35. The smallest absolute Gasteiger partial charge is 0.242 e. The summed E-state index contributed by atoms with van der Waals surface area (Å²) >= 11 is 0. The lowest BCUT2D eigenvalue weighted by Gasteiger charge is -2.35. The van der Waals surface area contributed by atoms with Crippen molar-refractivity contribution in [3.05, 3.63) is 59.9 Å². The number of benzene rings is 1. The number of rotatable bonds is 7. The predicted octanol–water partition coefficient (Wildman–Crippen LogP) is 5.40. The van der Waals surface area contributed by atoms with E-state index in [9.17, 15) is 5.26 Å². The van der Waals surface area contributed by atoms with Crippen molar-refractivity contribution in [1.82, 2.24) is 24.4 Å². The van der Waals surface area contributed by atoms with Crippen LogP contribution >= 0.6 is 0 Å². The number of ether oxygens (including phenoxy) is 1. The van der Waals surface area contributed by atoms with Gasteiger partial charge in [0, 0.05) is 43.3 Å². The van der Waals surface area contributed by atoms with Crippen molar-refractivity contribution in [3.8, 4) is 17.7 Å². The molecule has 0 spiro atoms. The average Bonchev–Trinajstić information content (AvgIpc) is 3.28. The topological polar surface area (TPSA) is 95.1 Å². The van der Waals surface area contributed by atoms with Crippen molar-refractivity contribution >= 4 is 28.2 Å². The van der Waals surface area contributed by atoms with Crippen LogP contribution in [-0.2, 0) is 0 Å². The predicted molar refractivity (Wildman–Crippen MR) is 146 cm³/mol. The summed E-state index contributed by atoms with van der Waals surface area (Å²) in [6, 6.07) is 11.3. The molecule has 0 aliphatic carbocycles. The van der Waals surface area contributed by atoms with Crippen molar-refractivity contribution in [2.24, 2.45) is 0 Å². The molecule has 0 bridgehead atoms. The molecule has 1 fully saturated rings. The molecule has 9 nitrogen and oxygen atoms in total. The Kier molecular flexibility index (Phi) is 7.11. The molecular weight excluding hydrogens is 483 g/mol. The highest BCUT2D eigenvalue weighted by Gasteiger charge is 2.20. The zero-order valence-electron chi connectivity index (χ0n) is 22.1. The third kappa shape index (κ3) is 4.85. The Hall–Kier alpha value is -4.23. The van der Waals surface area contributed by atoms with Crippen LogP contribution in [0, 0.1) is 24.1 Å². The number of hydrogen-bond acceptors (Lipinski definition) is 8. The molecule has 5 rings (SSSR count). The Labute approximate surface area is 221 Å². The van der Waals surface area contributed by atoms with E-state index in [1.54, 1.807) is 12.1 Å². The second-order valence-corrected chi connectivity index (χ2v) is 9.62. The quantitative estimate of drug-likeness (QED) is 0.350. The van der Waals surface area contributed by atoms with Crippen molar-refractivity contribution in [3.63, 3.8) is 0 Å². The van der Waals surface area contributed by atoms with Gasteiger partial charge in [-0.2, -0.15) is 5.26 Å². The second-order valence-electron chi connectivity index (χ2n) is 9.62. The maximum absolute atomic E-state index is 15.4. The molecule has 1 N–H and O–H groups in total. The third-order valence-electron chi connectivity index (χ3n) is 6.94. The molecule has 4 aromatic rings. The first kappa shape index (κ1) is 25.4. The highest BCUT2D eigenvalue weighted by atomic mass is 19.1. The lowest BCUT2D eigenvalue weighted by molar-refractivity contribution is 0.271. The maximum atomic E-state index is 15.4. The summed E-state index contributed by atoms with van der Waals surface area (Å²) in [7, 11) is 0. The van der Waals surface area contributed by atoms with E-state index in [1.807, 2.05) is 31.3 Å². The fourth-order valence-electron chi connectivity index (χ4n) is 4.98. The number of anilines is 3. The van der Waals surface area contributed by atoms with Crippen LogP contribution in [0.1, 0.15) is 38.1 Å². The lowest BCUT2D eigenvalue weighted by atomic mass is 10.2. The molecule has 4 heterocycles. The van der Waals surface area contributed by atoms with Crippen LogP contribution in [0.25, 0.3) is 10.9 Å². The van der Waals surface area contributed by atoms with Crippen molar-refractivity contribution in [2.45, 2.75) is 33.7 Å². The molecule has 3 aromatic heterocycles. The fraction of sp³-hybridized carbons (Fsp3) is 0.357. The first-order chi connectivity index (χ1) is 18.4. The first-order valence-corrected chi connectivity index (χ1v) is 12.8. The molecule has 38 heavy (non-hydrogen) atoms. The van der Waals surface area contributed by atoms with Gasteiger partial charge in [-0.15, -0.1) is 0 Å². The van der Waals surface area contributed by atoms with E-state index in [0.29, 0.717) is 11.2 Å². The van der Waals surface area contributed by atoms with E-state index in [2.05, 4.69) is 61.5 Å². The summed E-state index contributed by atoms with van der Waals surface area (Å²) in [6.07, 6.45) is 3.08. The minimum absolute atomic E-state index is 0.00907. The molecule has 196 valence electrons. The number of fused-ring (bicyclic) bond motifs is 1. The molecule has 1 saturated heterocycles. The summed E-state index contributed by atoms with van der Waals surface area (Å²) in [4.78, 5) is 17.6. The molecule has 1 aliphatic rings. The van der Waals surface area contributed by atoms with Gasteiger partial charge in [0.1, 0.15) is 18.2 Å². The van der Waals surface area contributed by atoms with Gasteiger partial charge < -0.3 is 24.4 Å².